The predicted molar refractivity (Wildman–Crippen MR) is 188 cm³/mol. The van der Waals surface area contributed by atoms with E-state index in [-0.39, 0.29) is 28.6 Å². The zero-order valence-electron chi connectivity index (χ0n) is 28.0. The first-order valence-corrected chi connectivity index (χ1v) is 19.0. The lowest BCUT2D eigenvalue weighted by atomic mass is 9.84. The molecule has 0 aliphatic carbocycles. The minimum atomic E-state index is -5.78. The Bertz CT molecular complexity index is 1970. The van der Waals surface area contributed by atoms with Crippen LogP contribution in [0.4, 0.5) is 8.78 Å². The molecule has 1 aromatic heterocycles. The minimum Gasteiger partial charge on any atom is -0.340 e. The zero-order chi connectivity index (χ0) is 36.0. The first kappa shape index (κ1) is 35.9. The Morgan fingerprint density at radius 2 is 1.64 bits per heavy atom. The van der Waals surface area contributed by atoms with E-state index in [9.17, 15) is 37.5 Å². The summed E-state index contributed by atoms with van der Waals surface area (Å²) in [7, 11) is -5.78. The van der Waals surface area contributed by atoms with Gasteiger partial charge in [0.15, 0.2) is 0 Å². The fourth-order valence-corrected chi connectivity index (χ4v) is 8.31. The number of piperidine rings is 1. The minimum absolute atomic E-state index is 0.125. The van der Waals surface area contributed by atoms with Gasteiger partial charge in [-0.05, 0) is 58.5 Å². The summed E-state index contributed by atoms with van der Waals surface area (Å²) in [5, 5.41) is 3.08. The van der Waals surface area contributed by atoms with Crippen LogP contribution in [-0.4, -0.2) is 62.5 Å². The van der Waals surface area contributed by atoms with Crippen molar-refractivity contribution < 1.29 is 37.5 Å². The van der Waals surface area contributed by atoms with Crippen LogP contribution in [0.1, 0.15) is 71.5 Å². The number of amides is 3. The summed E-state index contributed by atoms with van der Waals surface area (Å²) in [4.78, 5) is 64.7. The van der Waals surface area contributed by atoms with E-state index in [0.29, 0.717) is 24.2 Å². The molecule has 264 valence electrons. The lowest BCUT2D eigenvalue weighted by Gasteiger charge is -2.43. The molecule has 1 fully saturated rings. The third-order valence-corrected chi connectivity index (χ3v) is 11.8. The molecule has 3 amide bonds. The maximum atomic E-state index is 14.6. The average Bonchev–Trinajstić information content (AvgIpc) is 3.53. The van der Waals surface area contributed by atoms with Crippen molar-refractivity contribution in [1.29, 1.82) is 0 Å². The molecule has 3 atom stereocenters. The highest BCUT2D eigenvalue weighted by Crippen LogP contribution is 2.59. The largest absolute Gasteiger partial charge is 0.399 e. The molecule has 0 saturated carbocycles. The molecule has 2 aliphatic heterocycles. The maximum absolute atomic E-state index is 14.6. The number of likely N-dealkylation sites (tertiary alicyclic amines) is 1. The van der Waals surface area contributed by atoms with Crippen LogP contribution in [0.5, 0.6) is 0 Å². The van der Waals surface area contributed by atoms with Crippen molar-refractivity contribution in [3.63, 3.8) is 0 Å². The molecule has 1 saturated heterocycles. The van der Waals surface area contributed by atoms with Crippen molar-refractivity contribution >= 4 is 46.7 Å². The number of benzene rings is 3. The molecule has 3 aromatic carbocycles. The molecule has 6 rings (SSSR count). The average molecular weight is 724 g/mol. The van der Waals surface area contributed by atoms with E-state index in [1.807, 2.05) is 68.1 Å². The van der Waals surface area contributed by atoms with E-state index >= 15 is 0 Å². The number of carbonyl (C=O) groups is 3. The topological polar surface area (TPSA) is 127 Å². The summed E-state index contributed by atoms with van der Waals surface area (Å²) in [6.45, 7) is 6.80. The number of alkyl halides is 2. The fraction of sp³-hybridized carbons (Fsp3) is 0.378. The van der Waals surface area contributed by atoms with Crippen molar-refractivity contribution in [1.82, 2.24) is 15.1 Å². The Labute approximate surface area is 293 Å². The molecule has 2 unspecified atom stereocenters. The van der Waals surface area contributed by atoms with E-state index in [0.717, 1.165) is 47.4 Å². The first-order valence-electron chi connectivity index (χ1n) is 16.5. The number of thiophene rings is 1. The molecule has 13 heteroatoms. The van der Waals surface area contributed by atoms with Gasteiger partial charge in [0, 0.05) is 42.2 Å². The molecule has 3 N–H and O–H groups in total. The van der Waals surface area contributed by atoms with Crippen molar-refractivity contribution in [2.45, 2.75) is 70.2 Å². The van der Waals surface area contributed by atoms with Gasteiger partial charge in [-0.3, -0.25) is 18.9 Å². The molecule has 0 bridgehead atoms. The summed E-state index contributed by atoms with van der Waals surface area (Å²) in [6.07, 6.45) is 2.15. The second-order valence-electron chi connectivity index (χ2n) is 14.2. The third kappa shape index (κ3) is 7.12. The first-order chi connectivity index (χ1) is 23.5. The smallest absolute Gasteiger partial charge is 0.340 e. The van der Waals surface area contributed by atoms with Gasteiger partial charge < -0.3 is 24.9 Å². The SMILES string of the molecule is CC(C)(C)C(NC(=O)c1cc2cc(C(F)(F)P(=O)(O)O)ccc2s1)C(=O)N1Cc2ccccc2CC1C(=O)N1CCC[C@H](c2ccccc2)C1. The van der Waals surface area contributed by atoms with Gasteiger partial charge in [-0.15, -0.1) is 11.3 Å². The fourth-order valence-electron chi connectivity index (χ4n) is 6.89. The predicted octanol–water partition coefficient (Wildman–Crippen LogP) is 6.63. The third-order valence-electron chi connectivity index (χ3n) is 9.66. The number of nitrogens with zero attached hydrogens (tertiary/aromatic N) is 2. The van der Waals surface area contributed by atoms with Crippen molar-refractivity contribution in [2.75, 3.05) is 13.1 Å². The zero-order valence-corrected chi connectivity index (χ0v) is 29.7. The highest BCUT2D eigenvalue weighted by Gasteiger charge is 2.50. The van der Waals surface area contributed by atoms with Crippen LogP contribution in [0.25, 0.3) is 10.1 Å². The van der Waals surface area contributed by atoms with Crippen LogP contribution in [-0.2, 0) is 32.8 Å². The Balaban J connectivity index is 1.27. The molecular weight excluding hydrogens is 683 g/mol. The normalized spacial score (nSPS) is 19.2. The molecule has 0 radical (unpaired) electrons. The van der Waals surface area contributed by atoms with E-state index < -0.39 is 48.1 Å². The van der Waals surface area contributed by atoms with E-state index in [2.05, 4.69) is 17.4 Å². The van der Waals surface area contributed by atoms with Crippen LogP contribution in [0.15, 0.2) is 78.9 Å². The van der Waals surface area contributed by atoms with Crippen LogP contribution in [0, 0.1) is 5.41 Å². The number of halogens is 2. The molecule has 9 nitrogen and oxygen atoms in total. The number of hydrogen-bond donors (Lipinski definition) is 3. The maximum Gasteiger partial charge on any atom is 0.399 e. The van der Waals surface area contributed by atoms with Crippen LogP contribution >= 0.6 is 18.9 Å². The standard InChI is InChI=1S/C37H40F2N3O6PS/c1-36(2,3)32(40-33(43)31-20-27-18-28(15-16-30(27)50-31)37(38,39)49(46,47)48)35(45)42-22-26-13-8-7-12-24(26)19-29(42)34(44)41-17-9-14-25(21-41)23-10-5-4-6-11-23/h4-8,10-13,15-16,18,20,25,29,32H,9,14,17,19,21-22H2,1-3H3,(H,40,43)(H2,46,47,48)/t25-,29?,32?/m0/s1. The van der Waals surface area contributed by atoms with Gasteiger partial charge in [-0.2, -0.15) is 8.78 Å². The Morgan fingerprint density at radius 3 is 2.32 bits per heavy atom. The van der Waals surface area contributed by atoms with Gasteiger partial charge in [-0.25, -0.2) is 0 Å². The molecule has 50 heavy (non-hydrogen) atoms. The Morgan fingerprint density at radius 1 is 0.960 bits per heavy atom. The summed E-state index contributed by atoms with van der Waals surface area (Å²) < 4.78 is 40.7. The number of rotatable bonds is 7. The van der Waals surface area contributed by atoms with Gasteiger partial charge in [0.1, 0.15) is 12.1 Å². The van der Waals surface area contributed by atoms with Gasteiger partial charge in [0.25, 0.3) is 5.91 Å². The number of carbonyl (C=O) groups excluding carboxylic acids is 3. The second-order valence-corrected chi connectivity index (χ2v) is 16.9. The highest BCUT2D eigenvalue weighted by atomic mass is 32.1. The lowest BCUT2D eigenvalue weighted by molar-refractivity contribution is -0.150. The molecule has 3 heterocycles. The summed E-state index contributed by atoms with van der Waals surface area (Å²) in [5.41, 5.74) is -2.94. The van der Waals surface area contributed by atoms with Crippen molar-refractivity contribution in [3.05, 3.63) is 106 Å². The number of fused-ring (bicyclic) bond motifs is 2. The highest BCUT2D eigenvalue weighted by molar-refractivity contribution is 7.52. The van der Waals surface area contributed by atoms with E-state index in [1.165, 1.54) is 17.7 Å². The lowest BCUT2D eigenvalue weighted by Crippen LogP contribution is -2.61. The van der Waals surface area contributed by atoms with Crippen LogP contribution in [0.2, 0.25) is 0 Å². The summed E-state index contributed by atoms with van der Waals surface area (Å²) in [5.74, 6) is -0.944. The van der Waals surface area contributed by atoms with Crippen LogP contribution in [0.3, 0.4) is 0 Å². The Kier molecular flexibility index (Phi) is 9.78. The van der Waals surface area contributed by atoms with E-state index in [4.69, 9.17) is 0 Å². The number of hydrogen-bond acceptors (Lipinski definition) is 5. The molecule has 4 aromatic rings. The summed E-state index contributed by atoms with van der Waals surface area (Å²) in [6, 6.07) is 20.6. The monoisotopic (exact) mass is 723 g/mol. The molecule has 0 spiro atoms. The quantitative estimate of drug-likeness (QED) is 0.184. The second kappa shape index (κ2) is 13.6. The van der Waals surface area contributed by atoms with E-state index in [1.54, 1.807) is 4.90 Å². The number of nitrogens with one attached hydrogen (secondary N) is 1. The van der Waals surface area contributed by atoms with Gasteiger partial charge in [0.2, 0.25) is 11.8 Å². The Hall–Kier alpha value is -3.96. The van der Waals surface area contributed by atoms with Gasteiger partial charge in [0.05, 0.1) is 4.88 Å². The summed E-state index contributed by atoms with van der Waals surface area (Å²) >= 11 is 1.01. The van der Waals surface area contributed by atoms with Crippen molar-refractivity contribution in [3.8, 4) is 0 Å². The van der Waals surface area contributed by atoms with Gasteiger partial charge in [-0.1, -0.05) is 81.4 Å². The van der Waals surface area contributed by atoms with Crippen LogP contribution < -0.4 is 5.32 Å². The van der Waals surface area contributed by atoms with Gasteiger partial charge >= 0.3 is 13.3 Å². The molecular formula is C37H40F2N3O6PS. The van der Waals surface area contributed by atoms with Crippen molar-refractivity contribution in [2.24, 2.45) is 5.41 Å². The molecule has 2 aliphatic rings.